The summed E-state index contributed by atoms with van der Waals surface area (Å²) < 4.78 is 45.7. The number of halogens is 1. The number of hydrogen-bond acceptors (Lipinski definition) is 5. The highest BCUT2D eigenvalue weighted by Crippen LogP contribution is 2.31. The Morgan fingerprint density at radius 2 is 1.64 bits per heavy atom. The summed E-state index contributed by atoms with van der Waals surface area (Å²) in [5, 5.41) is 1.42. The van der Waals surface area contributed by atoms with Crippen LogP contribution in [-0.2, 0) is 23.0 Å². The zero-order valence-corrected chi connectivity index (χ0v) is 24.7. The number of anilines is 1. The summed E-state index contributed by atoms with van der Waals surface area (Å²) in [5.74, 6) is -0.545. The van der Waals surface area contributed by atoms with E-state index in [-0.39, 0.29) is 28.3 Å². The second-order valence-electron chi connectivity index (χ2n) is 10.6. The lowest BCUT2D eigenvalue weighted by atomic mass is 9.91. The highest BCUT2D eigenvalue weighted by atomic mass is 32.2. The maximum absolute atomic E-state index is 14.8. The van der Waals surface area contributed by atoms with Gasteiger partial charge in [-0.1, -0.05) is 80.1 Å². The van der Waals surface area contributed by atoms with Crippen LogP contribution >= 0.6 is 0 Å². The van der Waals surface area contributed by atoms with Crippen LogP contribution in [0.4, 0.5) is 10.1 Å². The van der Waals surface area contributed by atoms with Crippen molar-refractivity contribution in [1.29, 1.82) is 0 Å². The van der Waals surface area contributed by atoms with E-state index in [1.165, 1.54) is 10.6 Å². The van der Waals surface area contributed by atoms with Crippen LogP contribution in [0.25, 0.3) is 21.9 Å². The normalized spacial score (nSPS) is 12.5. The zero-order chi connectivity index (χ0) is 30.8. The van der Waals surface area contributed by atoms with E-state index in [1.807, 2.05) is 25.1 Å². The van der Waals surface area contributed by atoms with Gasteiger partial charge in [0.15, 0.2) is 5.65 Å². The number of unbranched alkanes of at least 4 members (excludes halogenated alkanes) is 1. The van der Waals surface area contributed by atoms with E-state index in [0.29, 0.717) is 34.6 Å². The van der Waals surface area contributed by atoms with Gasteiger partial charge in [0.2, 0.25) is 0 Å². The van der Waals surface area contributed by atoms with Gasteiger partial charge in [0.25, 0.3) is 15.6 Å². The summed E-state index contributed by atoms with van der Waals surface area (Å²) in [6, 6.07) is 25.6. The quantitative estimate of drug-likeness (QED) is 0.184. The van der Waals surface area contributed by atoms with Crippen molar-refractivity contribution in [3.8, 4) is 0 Å². The molecule has 4 aromatic carbocycles. The molecule has 224 valence electrons. The van der Waals surface area contributed by atoms with E-state index < -0.39 is 27.2 Å². The van der Waals surface area contributed by atoms with Crippen molar-refractivity contribution >= 4 is 37.6 Å². The van der Waals surface area contributed by atoms with Crippen molar-refractivity contribution in [3.05, 3.63) is 135 Å². The molecule has 0 bridgehead atoms. The number of imidazole rings is 1. The molecule has 2 aromatic heterocycles. The lowest BCUT2D eigenvalue weighted by Gasteiger charge is -2.17. The molecule has 44 heavy (non-hydrogen) atoms. The Labute approximate surface area is 252 Å². The summed E-state index contributed by atoms with van der Waals surface area (Å²) in [6.07, 6.45) is 1.76. The first-order valence-corrected chi connectivity index (χ1v) is 15.8. The molecule has 0 saturated carbocycles. The minimum atomic E-state index is -3.91. The van der Waals surface area contributed by atoms with E-state index in [9.17, 15) is 22.4 Å². The van der Waals surface area contributed by atoms with Crippen LogP contribution in [0, 0.1) is 5.82 Å². The molecular formula is C33H30FN5O4S. The molecule has 3 N–H and O–H groups in total. The van der Waals surface area contributed by atoms with Gasteiger partial charge in [0.1, 0.15) is 17.2 Å². The smallest absolute Gasteiger partial charge is 0.330 e. The first kappa shape index (κ1) is 29.1. The lowest BCUT2D eigenvalue weighted by Crippen LogP contribution is -2.30. The Hall–Kier alpha value is -5.03. The fraction of sp³-hybridized carbons (Fsp3) is 0.182. The van der Waals surface area contributed by atoms with Crippen LogP contribution in [0.5, 0.6) is 0 Å². The molecule has 0 aliphatic rings. The van der Waals surface area contributed by atoms with Gasteiger partial charge >= 0.3 is 5.69 Å². The summed E-state index contributed by atoms with van der Waals surface area (Å²) in [6.45, 7) is 2.39. The number of sulfonamides is 1. The van der Waals surface area contributed by atoms with Gasteiger partial charge in [-0.25, -0.2) is 22.6 Å². The SMILES string of the molecule is CCCCn1c(=O)[nH]c(=O)c2[nH]c(C(Cc3ccccc3F)c3ccc(NS(=O)(=O)c4cccc5ccccc45)cc3)nc21. The number of fused-ring (bicyclic) bond motifs is 2. The van der Waals surface area contributed by atoms with Crippen molar-refractivity contribution in [2.24, 2.45) is 0 Å². The number of aromatic amines is 2. The van der Waals surface area contributed by atoms with Gasteiger partial charge < -0.3 is 4.98 Å². The second kappa shape index (κ2) is 11.9. The molecule has 6 aromatic rings. The molecule has 0 saturated heterocycles. The molecule has 0 aliphatic carbocycles. The molecular weight excluding hydrogens is 581 g/mol. The molecule has 0 spiro atoms. The van der Waals surface area contributed by atoms with Crippen molar-refractivity contribution in [2.45, 2.75) is 43.5 Å². The Kier molecular flexibility index (Phi) is 7.88. The van der Waals surface area contributed by atoms with E-state index in [0.717, 1.165) is 18.2 Å². The topological polar surface area (TPSA) is 130 Å². The summed E-state index contributed by atoms with van der Waals surface area (Å²) >= 11 is 0. The predicted octanol–water partition coefficient (Wildman–Crippen LogP) is 5.68. The maximum atomic E-state index is 14.8. The van der Waals surface area contributed by atoms with Crippen LogP contribution in [0.2, 0.25) is 0 Å². The van der Waals surface area contributed by atoms with Crippen LogP contribution < -0.4 is 16.0 Å². The Bertz CT molecular complexity index is 2200. The fourth-order valence-electron chi connectivity index (χ4n) is 5.43. The van der Waals surface area contributed by atoms with Gasteiger partial charge in [-0.05, 0) is 53.6 Å². The van der Waals surface area contributed by atoms with Crippen LogP contribution in [0.1, 0.15) is 42.6 Å². The molecule has 1 atom stereocenters. The van der Waals surface area contributed by atoms with Gasteiger partial charge in [0, 0.05) is 23.5 Å². The third-order valence-electron chi connectivity index (χ3n) is 7.70. The van der Waals surface area contributed by atoms with Gasteiger partial charge in [-0.15, -0.1) is 0 Å². The lowest BCUT2D eigenvalue weighted by molar-refractivity contribution is 0.597. The van der Waals surface area contributed by atoms with Crippen molar-refractivity contribution in [1.82, 2.24) is 19.5 Å². The minimum Gasteiger partial charge on any atom is -0.336 e. The number of aryl methyl sites for hydroxylation is 1. The fourth-order valence-corrected chi connectivity index (χ4v) is 6.72. The second-order valence-corrected chi connectivity index (χ2v) is 12.3. The van der Waals surface area contributed by atoms with Crippen molar-refractivity contribution in [3.63, 3.8) is 0 Å². The van der Waals surface area contributed by atoms with Crippen LogP contribution in [-0.4, -0.2) is 27.9 Å². The third-order valence-corrected chi connectivity index (χ3v) is 9.14. The number of nitrogens with one attached hydrogen (secondary N) is 3. The number of aromatic nitrogens is 4. The van der Waals surface area contributed by atoms with Crippen LogP contribution in [0.15, 0.2) is 105 Å². The number of hydrogen-bond donors (Lipinski definition) is 3. The van der Waals surface area contributed by atoms with Gasteiger partial charge in [-0.2, -0.15) is 0 Å². The first-order chi connectivity index (χ1) is 21.2. The summed E-state index contributed by atoms with van der Waals surface area (Å²) in [4.78, 5) is 35.6. The molecule has 2 heterocycles. The number of benzene rings is 4. The van der Waals surface area contributed by atoms with Gasteiger partial charge in [0.05, 0.1) is 4.90 Å². The third kappa shape index (κ3) is 5.66. The first-order valence-electron chi connectivity index (χ1n) is 14.3. The van der Waals surface area contributed by atoms with E-state index in [4.69, 9.17) is 4.98 Å². The van der Waals surface area contributed by atoms with Crippen LogP contribution in [0.3, 0.4) is 0 Å². The number of nitrogens with zero attached hydrogens (tertiary/aromatic N) is 2. The Balaban J connectivity index is 1.38. The monoisotopic (exact) mass is 611 g/mol. The van der Waals surface area contributed by atoms with Gasteiger partial charge in [-0.3, -0.25) is 19.1 Å². The summed E-state index contributed by atoms with van der Waals surface area (Å²) in [5.41, 5.74) is 0.770. The van der Waals surface area contributed by atoms with Crippen molar-refractivity contribution in [2.75, 3.05) is 4.72 Å². The van der Waals surface area contributed by atoms with Crippen molar-refractivity contribution < 1.29 is 12.8 Å². The average Bonchev–Trinajstić information content (AvgIpc) is 3.46. The van der Waals surface area contributed by atoms with E-state index >= 15 is 0 Å². The molecule has 6 rings (SSSR count). The van der Waals surface area contributed by atoms with E-state index in [2.05, 4.69) is 14.7 Å². The predicted molar refractivity (Wildman–Crippen MR) is 169 cm³/mol. The minimum absolute atomic E-state index is 0.161. The molecule has 9 nitrogen and oxygen atoms in total. The van der Waals surface area contributed by atoms with E-state index in [1.54, 1.807) is 66.7 Å². The molecule has 1 unspecified atom stereocenters. The molecule has 0 fully saturated rings. The highest BCUT2D eigenvalue weighted by molar-refractivity contribution is 7.93. The number of rotatable bonds is 10. The number of H-pyrrole nitrogens is 2. The Morgan fingerprint density at radius 3 is 2.41 bits per heavy atom. The zero-order valence-electron chi connectivity index (χ0n) is 23.9. The molecule has 11 heteroatoms. The maximum Gasteiger partial charge on any atom is 0.330 e. The molecule has 0 aliphatic heterocycles. The highest BCUT2D eigenvalue weighted by Gasteiger charge is 2.24. The summed E-state index contributed by atoms with van der Waals surface area (Å²) in [7, 11) is -3.91. The molecule has 0 amide bonds. The Morgan fingerprint density at radius 1 is 0.909 bits per heavy atom. The largest absolute Gasteiger partial charge is 0.336 e. The molecule has 0 radical (unpaired) electrons. The average molecular weight is 612 g/mol. The standard InChI is InChI=1S/C33H30FN5O4S/c1-2-3-19-39-31-29(32(40)37-33(39)41)35-30(36-31)26(20-23-10-5-7-13-27(23)34)22-15-17-24(18-16-22)38-44(42,43)28-14-8-11-21-9-4-6-12-25(21)28/h4-18,26,38H,2-3,19-20H2,1H3,(H,35,36)(H,37,40,41).